The molecule has 0 atom stereocenters. The Hall–Kier alpha value is -2.36. The monoisotopic (exact) mass is 254 g/mol. The smallest absolute Gasteiger partial charge is 0.271 e. The van der Waals surface area contributed by atoms with E-state index < -0.39 is 0 Å². The molecule has 0 fully saturated rings. The zero-order valence-electron chi connectivity index (χ0n) is 10.5. The molecule has 0 aliphatic carbocycles. The number of nitro groups is 1. The Balaban J connectivity index is 1.89. The summed E-state index contributed by atoms with van der Waals surface area (Å²) in [4.78, 5) is 12.7. The van der Waals surface area contributed by atoms with Gasteiger partial charge in [0.15, 0.2) is 0 Å². The fourth-order valence-electron chi connectivity index (χ4n) is 2.52. The van der Waals surface area contributed by atoms with E-state index >= 15 is 0 Å². The van der Waals surface area contributed by atoms with Crippen LogP contribution in [0.4, 0.5) is 11.4 Å². The molecule has 0 radical (unpaired) electrons. The van der Waals surface area contributed by atoms with Crippen molar-refractivity contribution < 1.29 is 4.92 Å². The number of nitrogens with zero attached hydrogens (tertiary/aromatic N) is 2. The average Bonchev–Trinajstić information content (AvgIpc) is 2.47. The molecule has 0 unspecified atom stereocenters. The van der Waals surface area contributed by atoms with Gasteiger partial charge in [0.25, 0.3) is 5.69 Å². The number of hydrogen-bond acceptors (Lipinski definition) is 3. The van der Waals surface area contributed by atoms with Gasteiger partial charge in [-0.1, -0.05) is 30.3 Å². The number of rotatable bonds is 2. The number of fused-ring (bicyclic) bond motifs is 1. The van der Waals surface area contributed by atoms with Crippen LogP contribution < -0.4 is 4.90 Å². The van der Waals surface area contributed by atoms with Gasteiger partial charge in [-0.15, -0.1) is 0 Å². The van der Waals surface area contributed by atoms with Gasteiger partial charge in [0.2, 0.25) is 0 Å². The van der Waals surface area contributed by atoms with Crippen LogP contribution in [0.2, 0.25) is 0 Å². The first-order chi connectivity index (χ1) is 9.24. The van der Waals surface area contributed by atoms with Crippen LogP contribution >= 0.6 is 0 Å². The normalized spacial score (nSPS) is 14.0. The van der Waals surface area contributed by atoms with E-state index in [9.17, 15) is 10.1 Å². The third kappa shape index (κ3) is 2.29. The summed E-state index contributed by atoms with van der Waals surface area (Å²) >= 11 is 0. The Bertz CT molecular complexity index is 625. The first-order valence-corrected chi connectivity index (χ1v) is 6.30. The van der Waals surface area contributed by atoms with Crippen molar-refractivity contribution in [2.75, 3.05) is 11.4 Å². The first kappa shape index (κ1) is 11.7. The van der Waals surface area contributed by atoms with Gasteiger partial charge in [-0.25, -0.2) is 0 Å². The highest BCUT2D eigenvalue weighted by Crippen LogP contribution is 2.26. The molecule has 96 valence electrons. The number of benzene rings is 2. The molecule has 0 aromatic heterocycles. The first-order valence-electron chi connectivity index (χ1n) is 6.30. The third-order valence-electron chi connectivity index (χ3n) is 3.54. The lowest BCUT2D eigenvalue weighted by atomic mass is 9.99. The molecule has 0 bridgehead atoms. The third-order valence-corrected chi connectivity index (χ3v) is 3.54. The lowest BCUT2D eigenvalue weighted by Gasteiger charge is -2.30. The number of anilines is 1. The van der Waals surface area contributed by atoms with E-state index in [1.807, 2.05) is 12.1 Å². The van der Waals surface area contributed by atoms with E-state index in [0.717, 1.165) is 25.2 Å². The molecule has 2 aromatic carbocycles. The van der Waals surface area contributed by atoms with Gasteiger partial charge in [0.1, 0.15) is 0 Å². The van der Waals surface area contributed by atoms with Gasteiger partial charge in [0.05, 0.1) is 4.92 Å². The predicted molar refractivity (Wildman–Crippen MR) is 74.3 cm³/mol. The maximum Gasteiger partial charge on any atom is 0.271 e. The summed E-state index contributed by atoms with van der Waals surface area (Å²) in [5.74, 6) is 0. The second kappa shape index (κ2) is 4.72. The highest BCUT2D eigenvalue weighted by atomic mass is 16.6. The molecular weight excluding hydrogens is 240 g/mol. The second-order valence-corrected chi connectivity index (χ2v) is 4.72. The fraction of sp³-hybridized carbons (Fsp3) is 0.200. The molecule has 19 heavy (non-hydrogen) atoms. The summed E-state index contributed by atoms with van der Waals surface area (Å²) in [6, 6.07) is 15.2. The van der Waals surface area contributed by atoms with Gasteiger partial charge in [-0.05, 0) is 23.6 Å². The average molecular weight is 254 g/mol. The zero-order chi connectivity index (χ0) is 13.2. The largest absolute Gasteiger partial charge is 0.367 e. The molecule has 1 aliphatic heterocycles. The highest BCUT2D eigenvalue weighted by Gasteiger charge is 2.17. The minimum atomic E-state index is -0.346. The van der Waals surface area contributed by atoms with Crippen LogP contribution in [0.15, 0.2) is 48.5 Å². The van der Waals surface area contributed by atoms with Gasteiger partial charge in [-0.2, -0.15) is 0 Å². The molecule has 0 N–H and O–H groups in total. The van der Waals surface area contributed by atoms with Crippen molar-refractivity contribution in [1.29, 1.82) is 0 Å². The Kier molecular flexibility index (Phi) is 2.91. The highest BCUT2D eigenvalue weighted by molar-refractivity contribution is 5.54. The van der Waals surface area contributed by atoms with Crippen LogP contribution in [0.1, 0.15) is 11.1 Å². The van der Waals surface area contributed by atoms with Crippen molar-refractivity contribution in [3.63, 3.8) is 0 Å². The summed E-state index contributed by atoms with van der Waals surface area (Å²) in [5, 5.41) is 10.8. The van der Waals surface area contributed by atoms with Gasteiger partial charge in [0, 0.05) is 30.9 Å². The fourth-order valence-corrected chi connectivity index (χ4v) is 2.52. The molecular formula is C15H14N2O2. The van der Waals surface area contributed by atoms with E-state index in [-0.39, 0.29) is 10.6 Å². The summed E-state index contributed by atoms with van der Waals surface area (Å²) in [7, 11) is 0. The minimum absolute atomic E-state index is 0.149. The summed E-state index contributed by atoms with van der Waals surface area (Å²) in [6.45, 7) is 1.72. The van der Waals surface area contributed by atoms with Crippen LogP contribution in [0.25, 0.3) is 0 Å². The van der Waals surface area contributed by atoms with Gasteiger partial charge >= 0.3 is 0 Å². The van der Waals surface area contributed by atoms with E-state index in [1.54, 1.807) is 12.1 Å². The van der Waals surface area contributed by atoms with Crippen LogP contribution in [0.5, 0.6) is 0 Å². The Morgan fingerprint density at radius 3 is 2.63 bits per heavy atom. The second-order valence-electron chi connectivity index (χ2n) is 4.72. The van der Waals surface area contributed by atoms with E-state index in [4.69, 9.17) is 0 Å². The Labute approximate surface area is 111 Å². The molecule has 0 spiro atoms. The van der Waals surface area contributed by atoms with E-state index in [2.05, 4.69) is 23.1 Å². The molecule has 0 saturated carbocycles. The van der Waals surface area contributed by atoms with Crippen molar-refractivity contribution in [3.05, 3.63) is 69.8 Å². The Morgan fingerprint density at radius 2 is 1.84 bits per heavy atom. The number of non-ortho nitro benzene ring substituents is 1. The lowest BCUT2D eigenvalue weighted by Crippen LogP contribution is -2.30. The van der Waals surface area contributed by atoms with Gasteiger partial charge in [-0.3, -0.25) is 10.1 Å². The SMILES string of the molecule is O=[N+]([O-])c1cccc(N2CCc3ccccc3C2)c1. The molecule has 1 aliphatic rings. The number of nitro benzene ring substituents is 1. The van der Waals surface area contributed by atoms with E-state index in [0.29, 0.717) is 0 Å². The van der Waals surface area contributed by atoms with Crippen molar-refractivity contribution >= 4 is 11.4 Å². The molecule has 4 heteroatoms. The van der Waals surface area contributed by atoms with Gasteiger partial charge < -0.3 is 4.90 Å². The molecule has 0 saturated heterocycles. The van der Waals surface area contributed by atoms with E-state index in [1.165, 1.54) is 17.2 Å². The van der Waals surface area contributed by atoms with Crippen LogP contribution in [-0.2, 0) is 13.0 Å². The predicted octanol–water partition coefficient (Wildman–Crippen LogP) is 3.16. The summed E-state index contributed by atoms with van der Waals surface area (Å²) in [5.41, 5.74) is 3.75. The maximum atomic E-state index is 10.8. The van der Waals surface area contributed by atoms with Crippen LogP contribution in [-0.4, -0.2) is 11.5 Å². The Morgan fingerprint density at radius 1 is 1.05 bits per heavy atom. The minimum Gasteiger partial charge on any atom is -0.367 e. The summed E-state index contributed by atoms with van der Waals surface area (Å²) < 4.78 is 0. The topological polar surface area (TPSA) is 46.4 Å². The molecule has 0 amide bonds. The van der Waals surface area contributed by atoms with Crippen molar-refractivity contribution in [1.82, 2.24) is 0 Å². The quantitative estimate of drug-likeness (QED) is 0.611. The van der Waals surface area contributed by atoms with Crippen LogP contribution in [0, 0.1) is 10.1 Å². The van der Waals surface area contributed by atoms with Crippen molar-refractivity contribution in [3.8, 4) is 0 Å². The lowest BCUT2D eigenvalue weighted by molar-refractivity contribution is -0.384. The zero-order valence-corrected chi connectivity index (χ0v) is 10.5. The molecule has 4 nitrogen and oxygen atoms in total. The molecule has 2 aromatic rings. The standard InChI is InChI=1S/C15H14N2O2/c18-17(19)15-7-3-6-14(10-15)16-9-8-12-4-1-2-5-13(12)11-16/h1-7,10H,8-9,11H2. The maximum absolute atomic E-state index is 10.8. The molecule has 1 heterocycles. The summed E-state index contributed by atoms with van der Waals surface area (Å²) in [6.07, 6.45) is 0.985. The number of hydrogen-bond donors (Lipinski definition) is 0. The van der Waals surface area contributed by atoms with Crippen LogP contribution in [0.3, 0.4) is 0 Å². The molecule has 3 rings (SSSR count). The van der Waals surface area contributed by atoms with Crippen molar-refractivity contribution in [2.24, 2.45) is 0 Å². The van der Waals surface area contributed by atoms with Crippen molar-refractivity contribution in [2.45, 2.75) is 13.0 Å².